The number of anilines is 2. The van der Waals surface area contributed by atoms with Crippen LogP contribution < -0.4 is 15.3 Å². The molecule has 4 rings (SSSR count). The zero-order valence-electron chi connectivity index (χ0n) is 16.4. The molecular weight excluding hydrogens is 370 g/mol. The number of halogens is 1. The minimum absolute atomic E-state index is 0.732. The Bertz CT molecular complexity index is 1020. The van der Waals surface area contributed by atoms with Crippen LogP contribution in [-0.4, -0.2) is 30.4 Å². The summed E-state index contributed by atoms with van der Waals surface area (Å²) in [6.07, 6.45) is 2.71. The number of benzene rings is 2. The van der Waals surface area contributed by atoms with Gasteiger partial charge in [0.15, 0.2) is 0 Å². The van der Waals surface area contributed by atoms with E-state index in [0.29, 0.717) is 0 Å². The van der Waals surface area contributed by atoms with Crippen LogP contribution in [0.4, 0.5) is 11.4 Å². The third-order valence-corrected chi connectivity index (χ3v) is 5.25. The average molecular weight is 394 g/mol. The van der Waals surface area contributed by atoms with E-state index in [1.54, 1.807) is 0 Å². The molecule has 6 heteroatoms. The number of para-hydroxylation sites is 1. The first-order chi connectivity index (χ1) is 13.5. The summed E-state index contributed by atoms with van der Waals surface area (Å²) < 4.78 is 1.84. The van der Waals surface area contributed by atoms with Crippen molar-refractivity contribution in [3.8, 4) is 0 Å². The first kappa shape index (κ1) is 18.4. The van der Waals surface area contributed by atoms with Gasteiger partial charge in [-0.3, -0.25) is 9.69 Å². The van der Waals surface area contributed by atoms with Gasteiger partial charge in [-0.05, 0) is 35.9 Å². The number of aryl methyl sites for hydroxylation is 1. The average Bonchev–Trinajstić information content (AvgIpc) is 3.29. The Morgan fingerprint density at radius 1 is 1.11 bits per heavy atom. The maximum Gasteiger partial charge on any atom is 0.0762 e. The number of hydrogen-bond donors (Lipinski definition) is 1. The number of aromatic nitrogens is 2. The number of rotatable bonds is 5. The van der Waals surface area contributed by atoms with Gasteiger partial charge in [0.2, 0.25) is 0 Å². The molecule has 144 valence electrons. The van der Waals surface area contributed by atoms with E-state index in [2.05, 4.69) is 64.9 Å². The van der Waals surface area contributed by atoms with E-state index < -0.39 is 0 Å². The van der Waals surface area contributed by atoms with Crippen molar-refractivity contribution in [1.82, 2.24) is 15.2 Å². The van der Waals surface area contributed by atoms with Gasteiger partial charge in [-0.2, -0.15) is 5.10 Å². The number of hydrogen-bond acceptors (Lipinski definition) is 4. The predicted octanol–water partition coefficient (Wildman–Crippen LogP) is 4.12. The lowest BCUT2D eigenvalue weighted by atomic mass is 10.0. The van der Waals surface area contributed by atoms with E-state index in [4.69, 9.17) is 11.6 Å². The highest BCUT2D eigenvalue weighted by molar-refractivity contribution is 6.33. The summed E-state index contributed by atoms with van der Waals surface area (Å²) in [7, 11) is 6.06. The van der Waals surface area contributed by atoms with Crippen molar-refractivity contribution in [2.45, 2.75) is 6.42 Å². The zero-order chi connectivity index (χ0) is 19.7. The summed E-state index contributed by atoms with van der Waals surface area (Å²) >= 11 is 6.45. The van der Waals surface area contributed by atoms with Gasteiger partial charge >= 0.3 is 0 Å². The van der Waals surface area contributed by atoms with E-state index in [0.717, 1.165) is 35.1 Å². The van der Waals surface area contributed by atoms with Crippen molar-refractivity contribution in [2.75, 3.05) is 30.5 Å². The van der Waals surface area contributed by atoms with Crippen LogP contribution in [0.5, 0.6) is 0 Å². The van der Waals surface area contributed by atoms with Crippen molar-refractivity contribution in [3.63, 3.8) is 0 Å². The van der Waals surface area contributed by atoms with Crippen LogP contribution in [0.3, 0.4) is 0 Å². The van der Waals surface area contributed by atoms with Gasteiger partial charge in [0.05, 0.1) is 22.9 Å². The molecule has 1 aliphatic rings. The van der Waals surface area contributed by atoms with Gasteiger partial charge in [0.1, 0.15) is 0 Å². The fraction of sp³-hybridized carbons (Fsp3) is 0.227. The molecule has 1 aromatic heterocycles. The Hall–Kier alpha value is -2.92. The van der Waals surface area contributed by atoms with Crippen molar-refractivity contribution in [2.24, 2.45) is 7.05 Å². The standard InChI is InChI=1S/C22H24ClN5/c1-26(2)18-8-6-7-16(13-18)19-15-28(22-10-5-4-9-20(22)23)25-21(19)14-17-11-12-27(3)24-17/h4-13,25H,14-15H2,1-3H3. The normalized spacial score (nSPS) is 13.8. The fourth-order valence-electron chi connectivity index (χ4n) is 3.46. The van der Waals surface area contributed by atoms with Crippen LogP contribution in [0, 0.1) is 0 Å². The lowest BCUT2D eigenvalue weighted by Gasteiger charge is -2.21. The molecule has 0 aliphatic carbocycles. The minimum Gasteiger partial charge on any atom is -0.378 e. The van der Waals surface area contributed by atoms with Crippen molar-refractivity contribution in [3.05, 3.63) is 82.8 Å². The predicted molar refractivity (Wildman–Crippen MR) is 117 cm³/mol. The fourth-order valence-corrected chi connectivity index (χ4v) is 3.70. The summed E-state index contributed by atoms with van der Waals surface area (Å²) in [6, 6.07) is 18.6. The van der Waals surface area contributed by atoms with Crippen LogP contribution >= 0.6 is 11.6 Å². The molecule has 0 fully saturated rings. The second-order valence-electron chi connectivity index (χ2n) is 7.21. The van der Waals surface area contributed by atoms with Crippen molar-refractivity contribution >= 4 is 28.5 Å². The summed E-state index contributed by atoms with van der Waals surface area (Å²) in [5, 5.41) is 7.39. The molecule has 3 aromatic rings. The molecule has 0 radical (unpaired) electrons. The summed E-state index contributed by atoms with van der Waals surface area (Å²) in [5.41, 5.74) is 10.4. The Labute approximate surface area is 170 Å². The molecule has 0 saturated carbocycles. The number of nitrogens with zero attached hydrogens (tertiary/aromatic N) is 4. The highest BCUT2D eigenvalue weighted by Gasteiger charge is 2.25. The van der Waals surface area contributed by atoms with E-state index in [1.165, 1.54) is 16.8 Å². The first-order valence-corrected chi connectivity index (χ1v) is 9.66. The van der Waals surface area contributed by atoms with Crippen LogP contribution in [0.1, 0.15) is 11.3 Å². The Kier molecular flexibility index (Phi) is 5.01. The topological polar surface area (TPSA) is 36.3 Å². The first-order valence-electron chi connectivity index (χ1n) is 9.28. The molecule has 1 aliphatic heterocycles. The highest BCUT2D eigenvalue weighted by atomic mass is 35.5. The van der Waals surface area contributed by atoms with Crippen LogP contribution in [0.2, 0.25) is 5.02 Å². The van der Waals surface area contributed by atoms with Gasteiger partial charge < -0.3 is 10.3 Å². The van der Waals surface area contributed by atoms with E-state index in [9.17, 15) is 0 Å². The molecule has 28 heavy (non-hydrogen) atoms. The molecule has 0 saturated heterocycles. The SMILES string of the molecule is CN(C)c1cccc(C2=C(Cc3ccn(C)n3)NN(c3ccccc3Cl)C2)c1. The van der Waals surface area contributed by atoms with Gasteiger partial charge in [0.25, 0.3) is 0 Å². The second-order valence-corrected chi connectivity index (χ2v) is 7.62. The largest absolute Gasteiger partial charge is 0.378 e. The lowest BCUT2D eigenvalue weighted by molar-refractivity contribution is 0.732. The zero-order valence-corrected chi connectivity index (χ0v) is 17.1. The summed E-state index contributed by atoms with van der Waals surface area (Å²) in [6.45, 7) is 0.739. The lowest BCUT2D eigenvalue weighted by Crippen LogP contribution is -2.32. The molecule has 5 nitrogen and oxygen atoms in total. The number of nitrogens with one attached hydrogen (secondary N) is 1. The quantitative estimate of drug-likeness (QED) is 0.707. The Morgan fingerprint density at radius 2 is 1.93 bits per heavy atom. The van der Waals surface area contributed by atoms with E-state index in [-0.39, 0.29) is 0 Å². The van der Waals surface area contributed by atoms with Crippen molar-refractivity contribution in [1.29, 1.82) is 0 Å². The molecule has 2 heterocycles. The smallest absolute Gasteiger partial charge is 0.0762 e. The summed E-state index contributed by atoms with van der Waals surface area (Å²) in [4.78, 5) is 2.12. The molecule has 1 N–H and O–H groups in total. The molecule has 0 unspecified atom stereocenters. The molecule has 0 bridgehead atoms. The van der Waals surface area contributed by atoms with Crippen LogP contribution in [0.15, 0.2) is 66.5 Å². The summed E-state index contributed by atoms with van der Waals surface area (Å²) in [5.74, 6) is 0. The molecular formula is C22H24ClN5. The Morgan fingerprint density at radius 3 is 2.64 bits per heavy atom. The second kappa shape index (κ2) is 7.60. The molecule has 2 aromatic carbocycles. The Balaban J connectivity index is 1.71. The maximum atomic E-state index is 6.45. The molecule has 0 atom stereocenters. The third kappa shape index (κ3) is 3.71. The van der Waals surface area contributed by atoms with Crippen molar-refractivity contribution < 1.29 is 0 Å². The number of allylic oxidation sites excluding steroid dienone is 1. The molecule has 0 spiro atoms. The third-order valence-electron chi connectivity index (χ3n) is 4.93. The van der Waals surface area contributed by atoms with E-state index in [1.807, 2.05) is 42.2 Å². The monoisotopic (exact) mass is 393 g/mol. The van der Waals surface area contributed by atoms with Gasteiger partial charge in [-0.1, -0.05) is 35.9 Å². The van der Waals surface area contributed by atoms with Gasteiger partial charge in [-0.25, -0.2) is 0 Å². The number of hydrazine groups is 1. The molecule has 0 amide bonds. The maximum absolute atomic E-state index is 6.45. The minimum atomic E-state index is 0.732. The van der Waals surface area contributed by atoms with Gasteiger partial charge in [-0.15, -0.1) is 0 Å². The van der Waals surface area contributed by atoms with Gasteiger partial charge in [0, 0.05) is 50.7 Å². The van der Waals surface area contributed by atoms with E-state index >= 15 is 0 Å². The highest BCUT2D eigenvalue weighted by Crippen LogP contribution is 2.33. The van der Waals surface area contributed by atoms with Crippen LogP contribution in [-0.2, 0) is 13.5 Å². The van der Waals surface area contributed by atoms with Crippen LogP contribution in [0.25, 0.3) is 5.57 Å².